The second-order valence-corrected chi connectivity index (χ2v) is 5.14. The lowest BCUT2D eigenvalue weighted by atomic mass is 10.3. The number of nitrogens with zero attached hydrogens (tertiary/aromatic N) is 1. The molecule has 140 valence electrons. The average molecular weight is 379 g/mol. The van der Waals surface area contributed by atoms with Gasteiger partial charge in [0.05, 0.1) is 13.2 Å². The molecule has 0 aliphatic carbocycles. The molecule has 2 rings (SSSR count). The van der Waals surface area contributed by atoms with Crippen LogP contribution in [0, 0.1) is 10.1 Å². The van der Waals surface area contributed by atoms with Crippen molar-refractivity contribution in [1.82, 2.24) is 0 Å². The van der Waals surface area contributed by atoms with Crippen molar-refractivity contribution in [3.63, 3.8) is 0 Å². The molecule has 0 saturated carbocycles. The average Bonchev–Trinajstić information content (AvgIpc) is 2.58. The normalized spacial score (nSPS) is 9.31. The highest BCUT2D eigenvalue weighted by molar-refractivity contribution is 7.80. The zero-order valence-electron chi connectivity index (χ0n) is 14.5. The fourth-order valence-corrected chi connectivity index (χ4v) is 2.13. The van der Waals surface area contributed by atoms with E-state index in [9.17, 15) is 0 Å². The lowest BCUT2D eigenvalue weighted by molar-refractivity contribution is -0.742. The summed E-state index contributed by atoms with van der Waals surface area (Å²) < 4.78 is 10.8. The molecule has 9 heteroatoms. The van der Waals surface area contributed by atoms with E-state index in [1.165, 1.54) is 0 Å². The Morgan fingerprint density at radius 1 is 0.962 bits per heavy atom. The minimum Gasteiger partial charge on any atom is -0.494 e. The highest BCUT2D eigenvalue weighted by Gasteiger charge is 2.00. The molecule has 0 radical (unpaired) electrons. The van der Waals surface area contributed by atoms with Gasteiger partial charge in [0.2, 0.25) is 0 Å². The summed E-state index contributed by atoms with van der Waals surface area (Å²) in [6.45, 7) is 5.24. The number of anilines is 2. The van der Waals surface area contributed by atoms with Crippen LogP contribution in [0.1, 0.15) is 13.8 Å². The van der Waals surface area contributed by atoms with Crippen molar-refractivity contribution >= 4 is 28.7 Å². The molecule has 0 unspecified atom stereocenters. The highest BCUT2D eigenvalue weighted by atomic mass is 32.1. The fraction of sp³-hybridized carbons (Fsp3) is 0.235. The van der Waals surface area contributed by atoms with E-state index >= 15 is 0 Å². The number of thiocarbonyl (C=S) groups is 1. The molecule has 0 heterocycles. The maximum Gasteiger partial charge on any atom is 0.291 e. The third-order valence-corrected chi connectivity index (χ3v) is 3.05. The number of rotatable bonds is 6. The third-order valence-electron chi connectivity index (χ3n) is 2.85. The number of benzene rings is 2. The van der Waals surface area contributed by atoms with E-state index in [0.717, 1.165) is 22.9 Å². The molecule has 26 heavy (non-hydrogen) atoms. The molecule has 0 spiro atoms. The van der Waals surface area contributed by atoms with E-state index < -0.39 is 5.09 Å². The third kappa shape index (κ3) is 8.69. The molecule has 0 fully saturated rings. The number of ether oxygens (including phenoxy) is 2. The maximum atomic E-state index is 8.36. The van der Waals surface area contributed by atoms with Crippen LogP contribution in [0.4, 0.5) is 11.4 Å². The maximum absolute atomic E-state index is 8.36. The first kappa shape index (κ1) is 21.0. The molecular formula is C17H21N3O5S. The molecule has 0 aliphatic rings. The van der Waals surface area contributed by atoms with Gasteiger partial charge in [0.15, 0.2) is 5.11 Å². The SMILES string of the molecule is CCOc1ccc(NC(=S)Nc2ccc(OCC)cc2)cc1.O=[N+]([O-])O. The monoisotopic (exact) mass is 379 g/mol. The van der Waals surface area contributed by atoms with Crippen LogP contribution in [-0.2, 0) is 0 Å². The molecule has 0 atom stereocenters. The van der Waals surface area contributed by atoms with Crippen LogP contribution in [0.15, 0.2) is 48.5 Å². The van der Waals surface area contributed by atoms with Crippen LogP contribution in [-0.4, -0.2) is 28.6 Å². The minimum atomic E-state index is -1.50. The predicted octanol–water partition coefficient (Wildman–Crippen LogP) is 3.95. The molecule has 0 bridgehead atoms. The first-order chi connectivity index (χ1) is 12.4. The molecule has 0 aromatic heterocycles. The molecule has 0 saturated heterocycles. The van der Waals surface area contributed by atoms with Gasteiger partial charge < -0.3 is 25.3 Å². The summed E-state index contributed by atoms with van der Waals surface area (Å²) in [6.07, 6.45) is 0. The summed E-state index contributed by atoms with van der Waals surface area (Å²) in [5.41, 5.74) is 1.82. The van der Waals surface area contributed by atoms with Crippen LogP contribution in [0.25, 0.3) is 0 Å². The Balaban J connectivity index is 0.000000765. The van der Waals surface area contributed by atoms with Gasteiger partial charge in [-0.2, -0.15) is 0 Å². The smallest absolute Gasteiger partial charge is 0.291 e. The van der Waals surface area contributed by atoms with Crippen LogP contribution in [0.5, 0.6) is 11.5 Å². The predicted molar refractivity (Wildman–Crippen MR) is 104 cm³/mol. The summed E-state index contributed by atoms with van der Waals surface area (Å²) in [5, 5.41) is 20.4. The summed E-state index contributed by atoms with van der Waals surface area (Å²) >= 11 is 5.30. The van der Waals surface area contributed by atoms with Crippen LogP contribution in [0.2, 0.25) is 0 Å². The van der Waals surface area contributed by atoms with Crippen LogP contribution in [0.3, 0.4) is 0 Å². The molecule has 0 aliphatic heterocycles. The van der Waals surface area contributed by atoms with Crippen molar-refractivity contribution in [3.8, 4) is 11.5 Å². The van der Waals surface area contributed by atoms with Crippen molar-refractivity contribution in [1.29, 1.82) is 0 Å². The Hall–Kier alpha value is -3.07. The molecule has 2 aromatic rings. The van der Waals surface area contributed by atoms with Gasteiger partial charge in [0.1, 0.15) is 11.5 Å². The summed E-state index contributed by atoms with van der Waals surface area (Å²) in [6, 6.07) is 15.3. The highest BCUT2D eigenvalue weighted by Crippen LogP contribution is 2.18. The Morgan fingerprint density at radius 2 is 1.27 bits per heavy atom. The lowest BCUT2D eigenvalue weighted by Crippen LogP contribution is -2.18. The quantitative estimate of drug-likeness (QED) is 0.394. The number of hydrogen-bond donors (Lipinski definition) is 3. The Morgan fingerprint density at radius 3 is 1.54 bits per heavy atom. The number of hydrogen-bond acceptors (Lipinski definition) is 5. The van der Waals surface area contributed by atoms with Gasteiger partial charge in [0, 0.05) is 11.4 Å². The standard InChI is InChI=1S/C17H20N2O2S.HNO3/c1-3-20-15-9-5-13(6-10-15)18-17(22)19-14-7-11-16(12-8-14)21-4-2;2-1(3)4/h5-12H,3-4H2,1-2H3,(H2,18,19,22);(H,2,3,4). The Kier molecular flexibility index (Phi) is 9.26. The van der Waals surface area contributed by atoms with Gasteiger partial charge in [0.25, 0.3) is 5.09 Å². The summed E-state index contributed by atoms with van der Waals surface area (Å²) in [4.78, 5) is 8.36. The molecule has 3 N–H and O–H groups in total. The minimum absolute atomic E-state index is 0.535. The number of nitrogens with one attached hydrogen (secondary N) is 2. The van der Waals surface area contributed by atoms with E-state index in [0.29, 0.717) is 18.3 Å². The first-order valence-corrected chi connectivity index (χ1v) is 8.22. The second kappa shape index (κ2) is 11.5. The van der Waals surface area contributed by atoms with E-state index in [1.807, 2.05) is 62.4 Å². The topological polar surface area (TPSA) is 106 Å². The van der Waals surface area contributed by atoms with Crippen LogP contribution < -0.4 is 20.1 Å². The molecule has 2 aromatic carbocycles. The van der Waals surface area contributed by atoms with Gasteiger partial charge in [-0.05, 0) is 74.6 Å². The zero-order chi connectivity index (χ0) is 19.4. The fourth-order valence-electron chi connectivity index (χ4n) is 1.90. The molecule has 0 amide bonds. The van der Waals surface area contributed by atoms with Crippen molar-refractivity contribution in [2.24, 2.45) is 0 Å². The van der Waals surface area contributed by atoms with E-state index in [4.69, 9.17) is 37.0 Å². The van der Waals surface area contributed by atoms with Crippen molar-refractivity contribution < 1.29 is 19.8 Å². The largest absolute Gasteiger partial charge is 0.494 e. The van der Waals surface area contributed by atoms with Crippen molar-refractivity contribution in [3.05, 3.63) is 58.6 Å². The van der Waals surface area contributed by atoms with Crippen molar-refractivity contribution in [2.45, 2.75) is 13.8 Å². The van der Waals surface area contributed by atoms with E-state index in [2.05, 4.69) is 10.6 Å². The van der Waals surface area contributed by atoms with Crippen LogP contribution >= 0.6 is 12.2 Å². The van der Waals surface area contributed by atoms with Gasteiger partial charge in [-0.25, -0.2) is 0 Å². The Bertz CT molecular complexity index is 635. The second-order valence-electron chi connectivity index (χ2n) is 4.73. The van der Waals surface area contributed by atoms with Gasteiger partial charge >= 0.3 is 0 Å². The zero-order valence-corrected chi connectivity index (χ0v) is 15.3. The first-order valence-electron chi connectivity index (χ1n) is 7.81. The van der Waals surface area contributed by atoms with Crippen molar-refractivity contribution in [2.75, 3.05) is 23.8 Å². The van der Waals surface area contributed by atoms with Gasteiger partial charge in [-0.15, -0.1) is 10.1 Å². The van der Waals surface area contributed by atoms with E-state index in [1.54, 1.807) is 0 Å². The molecule has 8 nitrogen and oxygen atoms in total. The summed E-state index contributed by atoms with van der Waals surface area (Å²) in [5.74, 6) is 1.69. The molecular weight excluding hydrogens is 358 g/mol. The van der Waals surface area contributed by atoms with Gasteiger partial charge in [-0.1, -0.05) is 0 Å². The van der Waals surface area contributed by atoms with Gasteiger partial charge in [-0.3, -0.25) is 0 Å². The lowest BCUT2D eigenvalue weighted by Gasteiger charge is -2.12. The Labute approximate surface area is 156 Å². The summed E-state index contributed by atoms with van der Waals surface area (Å²) in [7, 11) is 0. The van der Waals surface area contributed by atoms with E-state index in [-0.39, 0.29) is 0 Å².